The number of benzene rings is 2. The minimum Gasteiger partial charge on any atom is -0.496 e. The number of hydrogen-bond donors (Lipinski definition) is 0. The lowest BCUT2D eigenvalue weighted by Crippen LogP contribution is -2.40. The van der Waals surface area contributed by atoms with Crippen molar-refractivity contribution >= 4 is 45.0 Å². The fourth-order valence-electron chi connectivity index (χ4n) is 5.09. The third-order valence-electron chi connectivity index (χ3n) is 6.92. The van der Waals surface area contributed by atoms with Crippen LogP contribution < -0.4 is 24.5 Å². The van der Waals surface area contributed by atoms with Crippen LogP contribution in [-0.2, 0) is 9.53 Å². The van der Waals surface area contributed by atoms with Gasteiger partial charge in [-0.15, -0.1) is 0 Å². The molecule has 1 saturated heterocycles. The number of anilines is 1. The molecule has 5 rings (SSSR count). The van der Waals surface area contributed by atoms with E-state index < -0.39 is 12.0 Å². The van der Waals surface area contributed by atoms with Gasteiger partial charge in [-0.1, -0.05) is 39.4 Å². The van der Waals surface area contributed by atoms with Gasteiger partial charge in [0.05, 0.1) is 29.5 Å². The summed E-state index contributed by atoms with van der Waals surface area (Å²) in [7, 11) is 1.57. The normalized spacial score (nSPS) is 17.7. The first kappa shape index (κ1) is 26.4. The lowest BCUT2D eigenvalue weighted by atomic mass is 9.95. The Morgan fingerprint density at radius 3 is 2.58 bits per heavy atom. The Morgan fingerprint density at radius 1 is 1.16 bits per heavy atom. The third kappa shape index (κ3) is 5.09. The van der Waals surface area contributed by atoms with Crippen LogP contribution in [0.15, 0.2) is 68.0 Å². The van der Waals surface area contributed by atoms with E-state index in [1.54, 1.807) is 25.5 Å². The van der Waals surface area contributed by atoms with Crippen LogP contribution in [0.3, 0.4) is 0 Å². The van der Waals surface area contributed by atoms with Crippen molar-refractivity contribution in [2.24, 2.45) is 4.99 Å². The standard InChI is InChI=1S/C29H30BrN3O4S/c1-4-37-28(35)25-18(2)31-29-33(26(25)22-17-20(30)10-13-23(22)36-3)27(34)24(38-29)16-19-8-11-21(12-9-19)32-14-6-5-7-15-32/h8-13,16-17,26H,4-7,14-15H2,1-3H3/b24-16-/t26-/m1/s1. The zero-order valence-corrected chi connectivity index (χ0v) is 24.1. The van der Waals surface area contributed by atoms with Gasteiger partial charge in [-0.25, -0.2) is 9.79 Å². The highest BCUT2D eigenvalue weighted by Gasteiger charge is 2.35. The molecule has 1 fully saturated rings. The summed E-state index contributed by atoms with van der Waals surface area (Å²) in [5.74, 6) is 0.0703. The first-order valence-corrected chi connectivity index (χ1v) is 14.4. The van der Waals surface area contributed by atoms with Crippen molar-refractivity contribution < 1.29 is 14.3 Å². The molecule has 0 spiro atoms. The summed E-state index contributed by atoms with van der Waals surface area (Å²) in [5.41, 5.74) is 3.46. The SMILES string of the molecule is CCOC(=O)C1=C(C)N=c2s/c(=C\c3ccc(N4CCCCC4)cc3)c(=O)n2[C@@H]1c1cc(Br)ccc1OC. The maximum atomic E-state index is 13.9. The zero-order valence-electron chi connectivity index (χ0n) is 21.7. The molecule has 7 nitrogen and oxygen atoms in total. The Labute approximate surface area is 233 Å². The second kappa shape index (κ2) is 11.3. The smallest absolute Gasteiger partial charge is 0.338 e. The topological polar surface area (TPSA) is 73.1 Å². The largest absolute Gasteiger partial charge is 0.496 e. The molecule has 0 aliphatic carbocycles. The number of nitrogens with zero attached hydrogens (tertiary/aromatic N) is 3. The highest BCUT2D eigenvalue weighted by Crippen LogP contribution is 2.37. The van der Waals surface area contributed by atoms with Crippen molar-refractivity contribution in [1.82, 2.24) is 4.57 Å². The van der Waals surface area contributed by atoms with Crippen LogP contribution in [0, 0.1) is 0 Å². The highest BCUT2D eigenvalue weighted by atomic mass is 79.9. The number of ether oxygens (including phenoxy) is 2. The summed E-state index contributed by atoms with van der Waals surface area (Å²) in [6, 6.07) is 13.1. The summed E-state index contributed by atoms with van der Waals surface area (Å²) in [6.45, 7) is 5.92. The number of methoxy groups -OCH3 is 1. The highest BCUT2D eigenvalue weighted by molar-refractivity contribution is 9.10. The van der Waals surface area contributed by atoms with E-state index in [1.807, 2.05) is 36.4 Å². The predicted octanol–water partition coefficient (Wildman–Crippen LogP) is 4.56. The van der Waals surface area contributed by atoms with Gasteiger partial charge in [0, 0.05) is 28.8 Å². The predicted molar refractivity (Wildman–Crippen MR) is 154 cm³/mol. The van der Waals surface area contributed by atoms with Gasteiger partial charge in [0.25, 0.3) is 5.56 Å². The lowest BCUT2D eigenvalue weighted by molar-refractivity contribution is -0.139. The maximum Gasteiger partial charge on any atom is 0.338 e. The molecule has 3 aromatic rings. The maximum absolute atomic E-state index is 13.9. The van der Waals surface area contributed by atoms with E-state index in [2.05, 4.69) is 38.0 Å². The Hall–Kier alpha value is -3.17. The Balaban J connectivity index is 1.63. The second-order valence-electron chi connectivity index (χ2n) is 9.33. The van der Waals surface area contributed by atoms with Crippen LogP contribution >= 0.6 is 27.3 Å². The Kier molecular flexibility index (Phi) is 7.85. The van der Waals surface area contributed by atoms with Crippen LogP contribution in [0.5, 0.6) is 5.75 Å². The molecule has 2 aromatic carbocycles. The number of esters is 1. The summed E-state index contributed by atoms with van der Waals surface area (Å²) < 4.78 is 14.0. The number of thiazole rings is 1. The van der Waals surface area contributed by atoms with E-state index in [-0.39, 0.29) is 12.2 Å². The first-order valence-electron chi connectivity index (χ1n) is 12.8. The number of rotatable bonds is 6. The van der Waals surface area contributed by atoms with Gasteiger partial charge in [0.2, 0.25) is 0 Å². The van der Waals surface area contributed by atoms with E-state index in [1.165, 1.54) is 36.3 Å². The fraction of sp³-hybridized carbons (Fsp3) is 0.345. The molecule has 0 amide bonds. The molecule has 2 aliphatic rings. The minimum atomic E-state index is -0.735. The Morgan fingerprint density at radius 2 is 1.89 bits per heavy atom. The number of carbonyl (C=O) groups excluding carboxylic acids is 1. The molecule has 1 atom stereocenters. The van der Waals surface area contributed by atoms with Gasteiger partial charge >= 0.3 is 5.97 Å². The lowest BCUT2D eigenvalue weighted by Gasteiger charge is -2.28. The molecule has 0 unspecified atom stereocenters. The van der Waals surface area contributed by atoms with Gasteiger partial charge in [0.15, 0.2) is 4.80 Å². The van der Waals surface area contributed by atoms with E-state index in [9.17, 15) is 9.59 Å². The van der Waals surface area contributed by atoms with Crippen molar-refractivity contribution in [2.75, 3.05) is 31.7 Å². The number of hydrogen-bond acceptors (Lipinski definition) is 7. The van der Waals surface area contributed by atoms with Gasteiger partial charge in [-0.2, -0.15) is 0 Å². The molecule has 1 aromatic heterocycles. The van der Waals surface area contributed by atoms with Crippen LogP contribution in [0.1, 0.15) is 50.3 Å². The minimum absolute atomic E-state index is 0.213. The second-order valence-corrected chi connectivity index (χ2v) is 11.3. The molecule has 0 bridgehead atoms. The van der Waals surface area contributed by atoms with E-state index in [0.717, 1.165) is 23.1 Å². The van der Waals surface area contributed by atoms with Gasteiger partial charge in [-0.3, -0.25) is 9.36 Å². The molecule has 2 aliphatic heterocycles. The van der Waals surface area contributed by atoms with Crippen molar-refractivity contribution in [1.29, 1.82) is 0 Å². The first-order chi connectivity index (χ1) is 18.4. The van der Waals surface area contributed by atoms with Crippen molar-refractivity contribution in [3.05, 3.63) is 89.0 Å². The molecule has 38 heavy (non-hydrogen) atoms. The van der Waals surface area contributed by atoms with Crippen LogP contribution in [0.25, 0.3) is 6.08 Å². The molecule has 9 heteroatoms. The quantitative estimate of drug-likeness (QED) is 0.391. The third-order valence-corrected chi connectivity index (χ3v) is 8.39. The number of piperidine rings is 1. The number of allylic oxidation sites excluding steroid dienone is 1. The number of aromatic nitrogens is 1. The molecule has 3 heterocycles. The van der Waals surface area contributed by atoms with E-state index >= 15 is 0 Å². The zero-order chi connectivity index (χ0) is 26.8. The van der Waals surface area contributed by atoms with E-state index in [4.69, 9.17) is 9.47 Å². The summed E-state index contributed by atoms with van der Waals surface area (Å²) in [5, 5.41) is 0. The summed E-state index contributed by atoms with van der Waals surface area (Å²) >= 11 is 4.85. The Bertz CT molecular complexity index is 1570. The van der Waals surface area contributed by atoms with Gasteiger partial charge < -0.3 is 14.4 Å². The molecular formula is C29H30BrN3O4S. The molecular weight excluding hydrogens is 566 g/mol. The van der Waals surface area contributed by atoms with Crippen molar-refractivity contribution in [2.45, 2.75) is 39.2 Å². The molecule has 0 radical (unpaired) electrons. The van der Waals surface area contributed by atoms with Gasteiger partial charge in [0.1, 0.15) is 11.8 Å². The summed E-state index contributed by atoms with van der Waals surface area (Å²) in [6.07, 6.45) is 5.63. The number of halogens is 1. The van der Waals surface area contributed by atoms with Crippen molar-refractivity contribution in [3.8, 4) is 5.75 Å². The molecule has 198 valence electrons. The van der Waals surface area contributed by atoms with Crippen LogP contribution in [-0.4, -0.2) is 37.3 Å². The average Bonchev–Trinajstić information content (AvgIpc) is 3.23. The summed E-state index contributed by atoms with van der Waals surface area (Å²) in [4.78, 5) is 34.6. The monoisotopic (exact) mass is 595 g/mol. The fourth-order valence-corrected chi connectivity index (χ4v) is 6.51. The van der Waals surface area contributed by atoms with Crippen LogP contribution in [0.2, 0.25) is 0 Å². The average molecular weight is 597 g/mol. The number of fused-ring (bicyclic) bond motifs is 1. The van der Waals surface area contributed by atoms with Gasteiger partial charge in [-0.05, 0) is 75.1 Å². The number of carbonyl (C=O) groups is 1. The van der Waals surface area contributed by atoms with Crippen molar-refractivity contribution in [3.63, 3.8) is 0 Å². The van der Waals surface area contributed by atoms with E-state index in [0.29, 0.717) is 31.9 Å². The van der Waals surface area contributed by atoms with Crippen LogP contribution in [0.4, 0.5) is 5.69 Å². The molecule has 0 saturated carbocycles. The molecule has 0 N–H and O–H groups in total.